The predicted octanol–water partition coefficient (Wildman–Crippen LogP) is 4.46. The highest BCUT2D eigenvalue weighted by atomic mass is 35.5. The normalized spacial score (nSPS) is 16.1. The zero-order valence-electron chi connectivity index (χ0n) is 18.4. The molecule has 0 saturated carbocycles. The lowest BCUT2D eigenvalue weighted by atomic mass is 10.0. The maximum absolute atomic E-state index is 12.8. The number of piperidine rings is 1. The quantitative estimate of drug-likeness (QED) is 0.588. The number of ether oxygens (including phenoxy) is 1. The maximum Gasteiger partial charge on any atom is 0.253 e. The summed E-state index contributed by atoms with van der Waals surface area (Å²) in [7, 11) is 1.64. The van der Waals surface area contributed by atoms with Gasteiger partial charge in [0.1, 0.15) is 11.8 Å². The highest BCUT2D eigenvalue weighted by Gasteiger charge is 2.25. The highest BCUT2D eigenvalue weighted by Crippen LogP contribution is 2.27. The Hall–Kier alpha value is -2.28. The molecule has 2 N–H and O–H groups in total. The number of nitrogens with zero attached hydrogens (tertiary/aromatic N) is 1. The number of carbonyl (C=O) groups is 2. The fraction of sp³-hybridized carbons (Fsp3) is 0.417. The minimum absolute atomic E-state index is 0.0513. The van der Waals surface area contributed by atoms with Crippen LogP contribution in [0.1, 0.15) is 48.1 Å². The van der Waals surface area contributed by atoms with Gasteiger partial charge in [0.15, 0.2) is 0 Å². The first-order valence-corrected chi connectivity index (χ1v) is 11.6. The molecule has 0 aromatic heterocycles. The summed E-state index contributed by atoms with van der Waals surface area (Å²) in [4.78, 5) is 27.7. The number of hydrogen-bond acceptors (Lipinski definition) is 4. The molecule has 0 radical (unpaired) electrons. The van der Waals surface area contributed by atoms with Gasteiger partial charge < -0.3 is 15.4 Å². The molecule has 6 nitrogen and oxygen atoms in total. The first-order chi connectivity index (χ1) is 15.4. The van der Waals surface area contributed by atoms with Gasteiger partial charge in [-0.25, -0.2) is 0 Å². The van der Waals surface area contributed by atoms with Crippen molar-refractivity contribution in [2.45, 2.75) is 38.3 Å². The van der Waals surface area contributed by atoms with E-state index in [4.69, 9.17) is 27.9 Å². The lowest BCUT2D eigenvalue weighted by molar-refractivity contribution is -0.122. The summed E-state index contributed by atoms with van der Waals surface area (Å²) in [6.07, 6.45) is 3.52. The highest BCUT2D eigenvalue weighted by molar-refractivity contribution is 6.43. The summed E-state index contributed by atoms with van der Waals surface area (Å²) < 4.78 is 5.27. The van der Waals surface area contributed by atoms with Gasteiger partial charge in [-0.05, 0) is 62.7 Å². The molecule has 2 amide bonds. The second kappa shape index (κ2) is 11.5. The van der Waals surface area contributed by atoms with E-state index in [1.165, 1.54) is 6.42 Å². The zero-order chi connectivity index (χ0) is 23.1. The summed E-state index contributed by atoms with van der Waals surface area (Å²) in [5.41, 5.74) is 1.36. The predicted molar refractivity (Wildman–Crippen MR) is 128 cm³/mol. The van der Waals surface area contributed by atoms with Crippen LogP contribution in [0.4, 0.5) is 0 Å². The summed E-state index contributed by atoms with van der Waals surface area (Å²) >= 11 is 12.1. The van der Waals surface area contributed by atoms with Gasteiger partial charge in [-0.3, -0.25) is 14.5 Å². The largest absolute Gasteiger partial charge is 0.497 e. The Balaban J connectivity index is 1.64. The van der Waals surface area contributed by atoms with Crippen LogP contribution < -0.4 is 15.4 Å². The van der Waals surface area contributed by atoms with Gasteiger partial charge >= 0.3 is 0 Å². The fourth-order valence-corrected chi connectivity index (χ4v) is 4.27. The number of halogens is 2. The third-order valence-corrected chi connectivity index (χ3v) is 6.56. The number of methoxy groups -OCH3 is 1. The molecule has 0 bridgehead atoms. The molecular formula is C24H29Cl2N3O3. The van der Waals surface area contributed by atoms with Crippen LogP contribution in [-0.2, 0) is 4.79 Å². The molecule has 1 fully saturated rings. The van der Waals surface area contributed by atoms with Gasteiger partial charge in [0.05, 0.1) is 28.8 Å². The lowest BCUT2D eigenvalue weighted by Crippen LogP contribution is -2.47. The topological polar surface area (TPSA) is 70.7 Å². The minimum Gasteiger partial charge on any atom is -0.497 e. The van der Waals surface area contributed by atoms with Crippen molar-refractivity contribution in [1.82, 2.24) is 15.5 Å². The first-order valence-electron chi connectivity index (χ1n) is 10.8. The van der Waals surface area contributed by atoms with Crippen LogP contribution in [0.25, 0.3) is 0 Å². The van der Waals surface area contributed by atoms with Gasteiger partial charge in [-0.15, -0.1) is 0 Å². The molecular weight excluding hydrogens is 449 g/mol. The van der Waals surface area contributed by atoms with E-state index in [0.29, 0.717) is 11.6 Å². The van der Waals surface area contributed by atoms with Crippen molar-refractivity contribution in [2.24, 2.45) is 0 Å². The van der Waals surface area contributed by atoms with E-state index in [1.54, 1.807) is 32.2 Å². The summed E-state index contributed by atoms with van der Waals surface area (Å²) in [5.74, 6) is 0.0982. The molecule has 3 rings (SSSR count). The Labute approximate surface area is 199 Å². The van der Waals surface area contributed by atoms with E-state index in [1.807, 2.05) is 24.3 Å². The number of amides is 2. The van der Waals surface area contributed by atoms with Gasteiger partial charge in [0.2, 0.25) is 5.91 Å². The molecule has 2 unspecified atom stereocenters. The second-order valence-corrected chi connectivity index (χ2v) is 8.71. The van der Waals surface area contributed by atoms with Crippen molar-refractivity contribution in [1.29, 1.82) is 0 Å². The van der Waals surface area contributed by atoms with Crippen LogP contribution in [0.5, 0.6) is 5.75 Å². The van der Waals surface area contributed by atoms with Crippen LogP contribution in [0.2, 0.25) is 10.0 Å². The van der Waals surface area contributed by atoms with E-state index in [0.717, 1.165) is 37.2 Å². The maximum atomic E-state index is 12.8. The van der Waals surface area contributed by atoms with Gasteiger partial charge in [0.25, 0.3) is 5.91 Å². The number of hydrogen-bond donors (Lipinski definition) is 2. The molecule has 8 heteroatoms. The molecule has 172 valence electrons. The van der Waals surface area contributed by atoms with Crippen molar-refractivity contribution in [3.8, 4) is 5.75 Å². The van der Waals surface area contributed by atoms with Crippen LogP contribution in [0.3, 0.4) is 0 Å². The molecule has 0 aliphatic carbocycles. The monoisotopic (exact) mass is 477 g/mol. The standard InChI is InChI=1S/C24H29Cl2N3O3/c1-16(28-24(31)19-7-6-8-20(25)22(19)26)23(30)27-15-21(29-13-4-3-5-14-29)17-9-11-18(32-2)12-10-17/h6-12,16,21H,3-5,13-15H2,1-2H3,(H,27,30)(H,28,31). The number of likely N-dealkylation sites (tertiary alicyclic amines) is 1. The van der Waals surface area contributed by atoms with Gasteiger partial charge in [0, 0.05) is 6.54 Å². The Morgan fingerprint density at radius 3 is 2.41 bits per heavy atom. The number of carbonyl (C=O) groups excluding carboxylic acids is 2. The summed E-state index contributed by atoms with van der Waals surface area (Å²) in [6.45, 7) is 4.08. The summed E-state index contributed by atoms with van der Waals surface area (Å²) in [5, 5.41) is 6.16. The smallest absolute Gasteiger partial charge is 0.253 e. The van der Waals surface area contributed by atoms with Crippen molar-refractivity contribution < 1.29 is 14.3 Å². The number of nitrogens with one attached hydrogen (secondary N) is 2. The van der Waals surface area contributed by atoms with E-state index in [-0.39, 0.29) is 22.5 Å². The van der Waals surface area contributed by atoms with Crippen molar-refractivity contribution in [3.05, 3.63) is 63.6 Å². The molecule has 1 aliphatic rings. The van der Waals surface area contributed by atoms with Gasteiger partial charge in [-0.2, -0.15) is 0 Å². The van der Waals surface area contributed by atoms with Crippen molar-refractivity contribution in [3.63, 3.8) is 0 Å². The van der Waals surface area contributed by atoms with Crippen LogP contribution >= 0.6 is 23.2 Å². The average molecular weight is 478 g/mol. The molecule has 32 heavy (non-hydrogen) atoms. The third-order valence-electron chi connectivity index (χ3n) is 5.74. The Bertz CT molecular complexity index is 931. The molecule has 2 atom stereocenters. The third kappa shape index (κ3) is 6.15. The van der Waals surface area contributed by atoms with E-state index >= 15 is 0 Å². The Morgan fingerprint density at radius 1 is 1.06 bits per heavy atom. The number of benzene rings is 2. The Kier molecular flexibility index (Phi) is 8.79. The molecule has 2 aromatic carbocycles. The Morgan fingerprint density at radius 2 is 1.75 bits per heavy atom. The first kappa shape index (κ1) is 24.4. The zero-order valence-corrected chi connectivity index (χ0v) is 19.9. The molecule has 1 saturated heterocycles. The molecule has 1 aliphatic heterocycles. The average Bonchev–Trinajstić information content (AvgIpc) is 2.81. The molecule has 0 spiro atoms. The SMILES string of the molecule is COc1ccc(C(CNC(=O)C(C)NC(=O)c2cccc(Cl)c2Cl)N2CCCCC2)cc1. The fourth-order valence-electron chi connectivity index (χ4n) is 3.88. The summed E-state index contributed by atoms with van der Waals surface area (Å²) in [6, 6.07) is 12.1. The lowest BCUT2D eigenvalue weighted by Gasteiger charge is -2.35. The molecule has 2 aromatic rings. The minimum atomic E-state index is -0.726. The van der Waals surface area contributed by atoms with Crippen molar-refractivity contribution >= 4 is 35.0 Å². The van der Waals surface area contributed by atoms with Crippen LogP contribution in [0, 0.1) is 0 Å². The van der Waals surface area contributed by atoms with Crippen LogP contribution in [-0.4, -0.2) is 49.5 Å². The van der Waals surface area contributed by atoms with Crippen LogP contribution in [0.15, 0.2) is 42.5 Å². The van der Waals surface area contributed by atoms with Gasteiger partial charge in [-0.1, -0.05) is 47.8 Å². The molecule has 1 heterocycles. The van der Waals surface area contributed by atoms with E-state index in [9.17, 15) is 9.59 Å². The van der Waals surface area contributed by atoms with Crippen molar-refractivity contribution in [2.75, 3.05) is 26.7 Å². The second-order valence-electron chi connectivity index (χ2n) is 7.93. The van der Waals surface area contributed by atoms with E-state index in [2.05, 4.69) is 15.5 Å². The number of rotatable bonds is 8. The van der Waals surface area contributed by atoms with E-state index < -0.39 is 11.9 Å².